The molecule has 1 aliphatic rings. The van der Waals surface area contributed by atoms with Crippen molar-refractivity contribution in [2.75, 3.05) is 12.0 Å². The molecule has 2 amide bonds. The number of hydrogen-bond acceptors (Lipinski definition) is 4. The normalized spacial score (nSPS) is 16.2. The van der Waals surface area contributed by atoms with E-state index in [0.717, 1.165) is 27.5 Å². The highest BCUT2D eigenvalue weighted by atomic mass is 35.5. The van der Waals surface area contributed by atoms with Gasteiger partial charge in [0.25, 0.3) is 0 Å². The Labute approximate surface area is 203 Å². The predicted molar refractivity (Wildman–Crippen MR) is 133 cm³/mol. The molecular weight excluding hydrogens is 456 g/mol. The maximum atomic E-state index is 13.6. The summed E-state index contributed by atoms with van der Waals surface area (Å²) in [5, 5.41) is 3.05. The lowest BCUT2D eigenvalue weighted by molar-refractivity contribution is -0.128. The zero-order valence-corrected chi connectivity index (χ0v) is 20.0. The number of halogens is 1. The van der Waals surface area contributed by atoms with Crippen molar-refractivity contribution < 1.29 is 14.3 Å². The number of benzene rings is 3. The molecule has 0 bridgehead atoms. The van der Waals surface area contributed by atoms with Crippen LogP contribution in [0.4, 0.5) is 5.69 Å². The van der Waals surface area contributed by atoms with Crippen molar-refractivity contribution in [3.63, 3.8) is 0 Å². The summed E-state index contributed by atoms with van der Waals surface area (Å²) in [6.45, 7) is 2.55. The molecule has 170 valence electrons. The molecule has 0 aromatic heterocycles. The standard InChI is InChI=1S/C26H25ClN2O3S/c1-17(25(30)28-15-18-11-13-20(32-2)14-12-18)24-26(31)29(16-19-7-3-4-8-21(19)27)22-9-5-6-10-23(22)33-24/h3-14,17,24H,15-16H2,1-2H3,(H,28,30)/t17-,24+/m1/s1. The van der Waals surface area contributed by atoms with Gasteiger partial charge in [-0.05, 0) is 41.5 Å². The molecule has 0 fully saturated rings. The third kappa shape index (κ3) is 5.18. The zero-order chi connectivity index (χ0) is 23.4. The molecule has 7 heteroatoms. The van der Waals surface area contributed by atoms with Crippen LogP contribution >= 0.6 is 23.4 Å². The minimum atomic E-state index is -0.529. The number of fused-ring (bicyclic) bond motifs is 1. The summed E-state index contributed by atoms with van der Waals surface area (Å²) < 4.78 is 5.17. The number of nitrogens with zero attached hydrogens (tertiary/aromatic N) is 1. The zero-order valence-electron chi connectivity index (χ0n) is 18.5. The van der Waals surface area contributed by atoms with Gasteiger partial charge in [0.2, 0.25) is 11.8 Å². The van der Waals surface area contributed by atoms with Gasteiger partial charge in [-0.1, -0.05) is 61.0 Å². The lowest BCUT2D eigenvalue weighted by Gasteiger charge is -2.36. The van der Waals surface area contributed by atoms with Crippen molar-refractivity contribution >= 4 is 40.9 Å². The quantitative estimate of drug-likeness (QED) is 0.498. The van der Waals surface area contributed by atoms with Gasteiger partial charge < -0.3 is 15.0 Å². The van der Waals surface area contributed by atoms with Crippen LogP contribution in [0.3, 0.4) is 0 Å². The fraction of sp³-hybridized carbons (Fsp3) is 0.231. The number of para-hydroxylation sites is 1. The number of carbonyl (C=O) groups is 2. The number of hydrogen-bond donors (Lipinski definition) is 1. The van der Waals surface area contributed by atoms with Crippen molar-refractivity contribution in [3.8, 4) is 5.75 Å². The SMILES string of the molecule is COc1ccc(CNC(=O)[C@H](C)[C@@H]2Sc3ccccc3N(Cc3ccccc3Cl)C2=O)cc1. The Morgan fingerprint density at radius 2 is 1.79 bits per heavy atom. The third-order valence-corrected chi connectivity index (χ3v) is 7.53. The van der Waals surface area contributed by atoms with Crippen LogP contribution in [0, 0.1) is 5.92 Å². The van der Waals surface area contributed by atoms with Crippen molar-refractivity contribution in [2.45, 2.75) is 30.2 Å². The molecule has 3 aromatic carbocycles. The summed E-state index contributed by atoms with van der Waals surface area (Å²) in [4.78, 5) is 29.3. The molecule has 0 spiro atoms. The summed E-state index contributed by atoms with van der Waals surface area (Å²) >= 11 is 7.82. The fourth-order valence-electron chi connectivity index (χ4n) is 3.75. The number of rotatable bonds is 7. The van der Waals surface area contributed by atoms with Gasteiger partial charge in [0.15, 0.2) is 0 Å². The molecule has 1 N–H and O–H groups in total. The Kier molecular flexibility index (Phi) is 7.26. The fourth-order valence-corrected chi connectivity index (χ4v) is 5.23. The van der Waals surface area contributed by atoms with Gasteiger partial charge in [0.1, 0.15) is 11.0 Å². The Bertz CT molecular complexity index is 1150. The van der Waals surface area contributed by atoms with Crippen molar-refractivity contribution in [2.24, 2.45) is 5.92 Å². The molecule has 1 aliphatic heterocycles. The van der Waals surface area contributed by atoms with Crippen LogP contribution < -0.4 is 15.0 Å². The van der Waals surface area contributed by atoms with Crippen LogP contribution in [0.2, 0.25) is 5.02 Å². The molecule has 2 atom stereocenters. The Balaban J connectivity index is 1.51. The van der Waals surface area contributed by atoms with E-state index < -0.39 is 11.2 Å². The van der Waals surface area contributed by atoms with Gasteiger partial charge in [0.05, 0.1) is 25.3 Å². The lowest BCUT2D eigenvalue weighted by Crippen LogP contribution is -2.47. The number of anilines is 1. The Hall–Kier alpha value is -2.96. The third-order valence-electron chi connectivity index (χ3n) is 5.70. The first-order valence-corrected chi connectivity index (χ1v) is 11.9. The second-order valence-corrected chi connectivity index (χ2v) is 9.47. The van der Waals surface area contributed by atoms with Crippen molar-refractivity contribution in [1.82, 2.24) is 5.32 Å². The summed E-state index contributed by atoms with van der Waals surface area (Å²) in [6, 6.07) is 22.8. The van der Waals surface area contributed by atoms with E-state index in [4.69, 9.17) is 16.3 Å². The maximum Gasteiger partial charge on any atom is 0.241 e. The maximum absolute atomic E-state index is 13.6. The van der Waals surface area contributed by atoms with E-state index in [1.54, 1.807) is 18.9 Å². The van der Waals surface area contributed by atoms with E-state index in [-0.39, 0.29) is 11.8 Å². The van der Waals surface area contributed by atoms with E-state index in [0.29, 0.717) is 18.1 Å². The van der Waals surface area contributed by atoms with Crippen molar-refractivity contribution in [1.29, 1.82) is 0 Å². The number of ether oxygens (including phenoxy) is 1. The van der Waals surface area contributed by atoms with E-state index in [9.17, 15) is 9.59 Å². The predicted octanol–water partition coefficient (Wildman–Crippen LogP) is 5.31. The molecular formula is C26H25ClN2O3S. The summed E-state index contributed by atoms with van der Waals surface area (Å²) in [5.41, 5.74) is 2.67. The van der Waals surface area contributed by atoms with Crippen LogP contribution in [0.5, 0.6) is 5.75 Å². The smallest absolute Gasteiger partial charge is 0.241 e. The van der Waals surface area contributed by atoms with Crippen LogP contribution in [0.15, 0.2) is 77.7 Å². The summed E-state index contributed by atoms with van der Waals surface area (Å²) in [6.07, 6.45) is 0. The van der Waals surface area contributed by atoms with Gasteiger partial charge in [-0.2, -0.15) is 0 Å². The number of carbonyl (C=O) groups excluding carboxylic acids is 2. The average molecular weight is 481 g/mol. The Morgan fingerprint density at radius 3 is 2.52 bits per heavy atom. The van der Waals surface area contributed by atoms with Gasteiger partial charge >= 0.3 is 0 Å². The van der Waals surface area contributed by atoms with E-state index in [1.807, 2.05) is 72.8 Å². The Morgan fingerprint density at radius 1 is 1.09 bits per heavy atom. The van der Waals surface area contributed by atoms with Gasteiger partial charge in [-0.15, -0.1) is 11.8 Å². The molecule has 1 heterocycles. The number of amides is 2. The summed E-state index contributed by atoms with van der Waals surface area (Å²) in [7, 11) is 1.62. The first kappa shape index (κ1) is 23.2. The molecule has 4 rings (SSSR count). The van der Waals surface area contributed by atoms with Gasteiger partial charge in [-0.3, -0.25) is 9.59 Å². The van der Waals surface area contributed by atoms with Gasteiger partial charge in [0, 0.05) is 16.5 Å². The topological polar surface area (TPSA) is 58.6 Å². The van der Waals surface area contributed by atoms with E-state index in [1.165, 1.54) is 11.8 Å². The molecule has 0 saturated heterocycles. The molecule has 0 radical (unpaired) electrons. The van der Waals surface area contributed by atoms with Crippen molar-refractivity contribution in [3.05, 3.63) is 88.9 Å². The average Bonchev–Trinajstić information content (AvgIpc) is 2.85. The van der Waals surface area contributed by atoms with Crippen LogP contribution in [-0.4, -0.2) is 24.2 Å². The first-order chi connectivity index (χ1) is 16.0. The number of thioether (sulfide) groups is 1. The minimum Gasteiger partial charge on any atom is -0.497 e. The second-order valence-electron chi connectivity index (χ2n) is 7.88. The highest BCUT2D eigenvalue weighted by Crippen LogP contribution is 2.42. The molecule has 5 nitrogen and oxygen atoms in total. The molecule has 33 heavy (non-hydrogen) atoms. The highest BCUT2D eigenvalue weighted by molar-refractivity contribution is 8.01. The molecule has 0 aliphatic carbocycles. The monoisotopic (exact) mass is 480 g/mol. The van der Waals surface area contributed by atoms with E-state index in [2.05, 4.69) is 5.32 Å². The lowest BCUT2D eigenvalue weighted by atomic mass is 10.0. The van der Waals surface area contributed by atoms with Crippen LogP contribution in [-0.2, 0) is 22.7 Å². The number of nitrogens with one attached hydrogen (secondary N) is 1. The van der Waals surface area contributed by atoms with Crippen LogP contribution in [0.1, 0.15) is 18.1 Å². The summed E-state index contributed by atoms with van der Waals surface area (Å²) in [5.74, 6) is 0.00207. The van der Waals surface area contributed by atoms with E-state index >= 15 is 0 Å². The number of methoxy groups -OCH3 is 1. The molecule has 0 saturated carbocycles. The van der Waals surface area contributed by atoms with Gasteiger partial charge in [-0.25, -0.2) is 0 Å². The largest absolute Gasteiger partial charge is 0.497 e. The molecule has 0 unspecified atom stereocenters. The highest BCUT2D eigenvalue weighted by Gasteiger charge is 2.39. The minimum absolute atomic E-state index is 0.0919. The second kappa shape index (κ2) is 10.3. The first-order valence-electron chi connectivity index (χ1n) is 10.7. The molecule has 3 aromatic rings. The van der Waals surface area contributed by atoms with Crippen LogP contribution in [0.25, 0.3) is 0 Å².